The minimum Gasteiger partial charge on any atom is -0.460 e. The van der Waals surface area contributed by atoms with E-state index >= 15 is 0 Å². The van der Waals surface area contributed by atoms with Crippen LogP contribution in [0.3, 0.4) is 0 Å². The average molecular weight is 202 g/mol. The summed E-state index contributed by atoms with van der Waals surface area (Å²) in [5.41, 5.74) is 0. The van der Waals surface area contributed by atoms with Gasteiger partial charge in [0.05, 0.1) is 19.3 Å². The monoisotopic (exact) mass is 202 g/mol. The third-order valence-electron chi connectivity index (χ3n) is 1.44. The Hall–Kier alpha value is -0.870. The second kappa shape index (κ2) is 8.72. The van der Waals surface area contributed by atoms with Crippen LogP contribution < -0.4 is 0 Å². The zero-order chi connectivity index (χ0) is 10.8. The van der Waals surface area contributed by atoms with Gasteiger partial charge in [-0.15, -0.1) is 0 Å². The van der Waals surface area contributed by atoms with E-state index in [1.165, 1.54) is 0 Å². The van der Waals surface area contributed by atoms with Gasteiger partial charge >= 0.3 is 5.97 Å². The number of carbonyl (C=O) groups excluding carboxylic acids is 1. The SMILES string of the molecule is C=CC(=O)OCCOCC(C)OCC. The van der Waals surface area contributed by atoms with Crippen LogP contribution in [0.4, 0.5) is 0 Å². The second-order valence-corrected chi connectivity index (χ2v) is 2.71. The highest BCUT2D eigenvalue weighted by atomic mass is 16.6. The maximum atomic E-state index is 10.6. The second-order valence-electron chi connectivity index (χ2n) is 2.71. The first kappa shape index (κ1) is 13.1. The molecule has 14 heavy (non-hydrogen) atoms. The topological polar surface area (TPSA) is 44.8 Å². The zero-order valence-corrected chi connectivity index (χ0v) is 8.82. The van der Waals surface area contributed by atoms with Crippen molar-refractivity contribution in [1.29, 1.82) is 0 Å². The van der Waals surface area contributed by atoms with E-state index in [1.54, 1.807) is 0 Å². The molecule has 1 atom stereocenters. The van der Waals surface area contributed by atoms with E-state index in [-0.39, 0.29) is 12.7 Å². The molecule has 0 aromatic heterocycles. The van der Waals surface area contributed by atoms with E-state index in [2.05, 4.69) is 6.58 Å². The van der Waals surface area contributed by atoms with E-state index in [4.69, 9.17) is 14.2 Å². The maximum Gasteiger partial charge on any atom is 0.330 e. The molecule has 0 aromatic rings. The molecule has 0 aliphatic heterocycles. The molecule has 1 unspecified atom stereocenters. The van der Waals surface area contributed by atoms with Crippen molar-refractivity contribution in [2.75, 3.05) is 26.4 Å². The van der Waals surface area contributed by atoms with Gasteiger partial charge in [-0.1, -0.05) is 6.58 Å². The average Bonchev–Trinajstić information content (AvgIpc) is 2.17. The Labute approximate surface area is 84.8 Å². The van der Waals surface area contributed by atoms with Crippen LogP contribution in [0, 0.1) is 0 Å². The molecular weight excluding hydrogens is 184 g/mol. The molecule has 0 aromatic carbocycles. The molecule has 0 N–H and O–H groups in total. The quantitative estimate of drug-likeness (QED) is 0.336. The molecule has 0 fully saturated rings. The molecule has 0 aliphatic rings. The molecular formula is C10H18O4. The molecule has 0 radical (unpaired) electrons. The summed E-state index contributed by atoms with van der Waals surface area (Å²) in [5.74, 6) is -0.425. The first-order valence-electron chi connectivity index (χ1n) is 4.69. The van der Waals surface area contributed by atoms with Gasteiger partial charge in [0.2, 0.25) is 0 Å². The van der Waals surface area contributed by atoms with Crippen molar-refractivity contribution in [2.24, 2.45) is 0 Å². The normalized spacial score (nSPS) is 12.1. The third kappa shape index (κ3) is 7.76. The van der Waals surface area contributed by atoms with E-state index in [1.807, 2.05) is 13.8 Å². The summed E-state index contributed by atoms with van der Waals surface area (Å²) in [6, 6.07) is 0. The van der Waals surface area contributed by atoms with Gasteiger partial charge in [-0.05, 0) is 13.8 Å². The molecule has 4 nitrogen and oxygen atoms in total. The maximum absolute atomic E-state index is 10.6. The van der Waals surface area contributed by atoms with Gasteiger partial charge < -0.3 is 14.2 Å². The van der Waals surface area contributed by atoms with Crippen molar-refractivity contribution >= 4 is 5.97 Å². The Morgan fingerprint density at radius 2 is 2.21 bits per heavy atom. The summed E-state index contributed by atoms with van der Waals surface area (Å²) < 4.78 is 15.2. The van der Waals surface area contributed by atoms with Gasteiger partial charge in [-0.2, -0.15) is 0 Å². The third-order valence-corrected chi connectivity index (χ3v) is 1.44. The fourth-order valence-corrected chi connectivity index (χ4v) is 0.842. The van der Waals surface area contributed by atoms with Crippen LogP contribution in [0.2, 0.25) is 0 Å². The van der Waals surface area contributed by atoms with Crippen LogP contribution >= 0.6 is 0 Å². The Kier molecular flexibility index (Phi) is 8.17. The van der Waals surface area contributed by atoms with Crippen molar-refractivity contribution < 1.29 is 19.0 Å². The van der Waals surface area contributed by atoms with E-state index < -0.39 is 5.97 Å². The number of hydrogen-bond donors (Lipinski definition) is 0. The van der Waals surface area contributed by atoms with Crippen LogP contribution in [0.5, 0.6) is 0 Å². The number of hydrogen-bond acceptors (Lipinski definition) is 4. The van der Waals surface area contributed by atoms with E-state index in [9.17, 15) is 4.79 Å². The number of carbonyl (C=O) groups is 1. The summed E-state index contributed by atoms with van der Waals surface area (Å²) in [5, 5.41) is 0. The number of rotatable bonds is 8. The lowest BCUT2D eigenvalue weighted by atomic mass is 10.4. The molecule has 0 saturated heterocycles. The van der Waals surface area contributed by atoms with Crippen molar-refractivity contribution in [3.63, 3.8) is 0 Å². The summed E-state index contributed by atoms with van der Waals surface area (Å²) in [6.45, 7) is 8.97. The first-order chi connectivity index (χ1) is 6.70. The van der Waals surface area contributed by atoms with Crippen LogP contribution in [0.25, 0.3) is 0 Å². The molecule has 0 spiro atoms. The van der Waals surface area contributed by atoms with Crippen molar-refractivity contribution in [3.8, 4) is 0 Å². The summed E-state index contributed by atoms with van der Waals surface area (Å²) >= 11 is 0. The minimum atomic E-state index is -0.425. The summed E-state index contributed by atoms with van der Waals surface area (Å²) in [7, 11) is 0. The van der Waals surface area contributed by atoms with Crippen molar-refractivity contribution in [3.05, 3.63) is 12.7 Å². The predicted octanol–water partition coefficient (Wildman–Crippen LogP) is 1.16. The lowest BCUT2D eigenvalue weighted by molar-refractivity contribution is -0.139. The lowest BCUT2D eigenvalue weighted by Crippen LogP contribution is -2.18. The number of ether oxygens (including phenoxy) is 3. The molecule has 82 valence electrons. The van der Waals surface area contributed by atoms with Gasteiger partial charge in [-0.25, -0.2) is 4.79 Å². The van der Waals surface area contributed by atoms with Gasteiger partial charge in [0.1, 0.15) is 6.61 Å². The number of esters is 1. The van der Waals surface area contributed by atoms with Crippen LogP contribution in [0.1, 0.15) is 13.8 Å². The van der Waals surface area contributed by atoms with Crippen LogP contribution in [-0.2, 0) is 19.0 Å². The lowest BCUT2D eigenvalue weighted by Gasteiger charge is -2.11. The molecule has 0 bridgehead atoms. The Morgan fingerprint density at radius 1 is 1.50 bits per heavy atom. The standard InChI is InChI=1S/C10H18O4/c1-4-10(11)14-7-6-12-8-9(3)13-5-2/h4,9H,1,5-8H2,2-3H3. The molecule has 0 rings (SSSR count). The summed E-state index contributed by atoms with van der Waals surface area (Å²) in [6.07, 6.45) is 1.21. The largest absolute Gasteiger partial charge is 0.460 e. The van der Waals surface area contributed by atoms with Crippen LogP contribution in [0.15, 0.2) is 12.7 Å². The van der Waals surface area contributed by atoms with Gasteiger partial charge in [0, 0.05) is 12.7 Å². The van der Waals surface area contributed by atoms with Crippen LogP contribution in [-0.4, -0.2) is 38.5 Å². The van der Waals surface area contributed by atoms with Gasteiger partial charge in [0.15, 0.2) is 0 Å². The smallest absolute Gasteiger partial charge is 0.330 e. The molecule has 0 amide bonds. The highest BCUT2D eigenvalue weighted by Gasteiger charge is 2.00. The minimum absolute atomic E-state index is 0.0788. The first-order valence-corrected chi connectivity index (χ1v) is 4.69. The molecule has 0 aliphatic carbocycles. The fraction of sp³-hybridized carbons (Fsp3) is 0.700. The molecule has 4 heteroatoms. The Morgan fingerprint density at radius 3 is 2.79 bits per heavy atom. The predicted molar refractivity (Wildman–Crippen MR) is 53.1 cm³/mol. The van der Waals surface area contributed by atoms with Crippen molar-refractivity contribution in [2.45, 2.75) is 20.0 Å². The fourth-order valence-electron chi connectivity index (χ4n) is 0.842. The Balaban J connectivity index is 3.20. The highest BCUT2D eigenvalue weighted by Crippen LogP contribution is 1.91. The zero-order valence-electron chi connectivity index (χ0n) is 8.82. The molecule has 0 heterocycles. The highest BCUT2D eigenvalue weighted by molar-refractivity contribution is 5.81. The van der Waals surface area contributed by atoms with E-state index in [0.717, 1.165) is 6.08 Å². The van der Waals surface area contributed by atoms with Crippen molar-refractivity contribution in [1.82, 2.24) is 0 Å². The summed E-state index contributed by atoms with van der Waals surface area (Å²) in [4.78, 5) is 10.6. The van der Waals surface area contributed by atoms with E-state index in [0.29, 0.717) is 19.8 Å². The van der Waals surface area contributed by atoms with Gasteiger partial charge in [0.25, 0.3) is 0 Å². The Bertz CT molecular complexity index is 168. The molecule has 0 saturated carbocycles. The van der Waals surface area contributed by atoms with Gasteiger partial charge in [-0.3, -0.25) is 0 Å².